The predicted octanol–water partition coefficient (Wildman–Crippen LogP) is 4.46. The van der Waals surface area contributed by atoms with Crippen LogP contribution in [-0.4, -0.2) is 31.4 Å². The molecule has 0 aromatic heterocycles. The highest BCUT2D eigenvalue weighted by Crippen LogP contribution is 2.28. The van der Waals surface area contributed by atoms with E-state index < -0.39 is 0 Å². The van der Waals surface area contributed by atoms with E-state index in [0.29, 0.717) is 6.42 Å². The minimum absolute atomic E-state index is 0.145. The molecule has 2 heterocycles. The van der Waals surface area contributed by atoms with Gasteiger partial charge in [0.25, 0.3) is 0 Å². The number of anilines is 3. The van der Waals surface area contributed by atoms with Gasteiger partial charge in [-0.1, -0.05) is 24.3 Å². The van der Waals surface area contributed by atoms with Crippen LogP contribution in [0.4, 0.5) is 17.1 Å². The Morgan fingerprint density at radius 1 is 0.897 bits per heavy atom. The van der Waals surface area contributed by atoms with Crippen LogP contribution in [0.25, 0.3) is 6.08 Å². The van der Waals surface area contributed by atoms with Crippen molar-refractivity contribution in [2.45, 2.75) is 32.1 Å². The summed E-state index contributed by atoms with van der Waals surface area (Å²) in [5.41, 5.74) is 3.80. The molecule has 0 atom stereocenters. The number of carbonyl (C=O) groups excluding carboxylic acids is 2. The standard InChI is InChI=1S/C24H27N3O2/c28-23(25-21-7-2-3-8-22(21)26-16-4-1-5-17-26)15-12-19-10-13-20(14-11-19)27-18-6-9-24(27)29/h2-3,7-8,10-15H,1,4-6,9,16-18H2,(H,25,28)/b15-12+. The quantitative estimate of drug-likeness (QED) is 0.769. The minimum Gasteiger partial charge on any atom is -0.370 e. The van der Waals surface area contributed by atoms with Crippen molar-refractivity contribution in [2.75, 3.05) is 34.8 Å². The molecule has 2 aliphatic rings. The molecule has 0 aliphatic carbocycles. The van der Waals surface area contributed by atoms with Gasteiger partial charge in [-0.05, 0) is 61.6 Å². The van der Waals surface area contributed by atoms with Crippen LogP contribution in [0.3, 0.4) is 0 Å². The summed E-state index contributed by atoms with van der Waals surface area (Å²) in [5, 5.41) is 3.02. The molecule has 2 aromatic carbocycles. The Hall–Kier alpha value is -3.08. The Morgan fingerprint density at radius 3 is 2.38 bits per heavy atom. The fourth-order valence-corrected chi connectivity index (χ4v) is 4.02. The molecule has 2 amide bonds. The van der Waals surface area contributed by atoms with Crippen LogP contribution in [0, 0.1) is 0 Å². The summed E-state index contributed by atoms with van der Waals surface area (Å²) in [6.45, 7) is 2.86. The molecule has 0 bridgehead atoms. The summed E-state index contributed by atoms with van der Waals surface area (Å²) in [6, 6.07) is 15.7. The summed E-state index contributed by atoms with van der Waals surface area (Å²) in [7, 11) is 0. The third kappa shape index (κ3) is 4.67. The van der Waals surface area contributed by atoms with Crippen molar-refractivity contribution in [3.05, 3.63) is 60.2 Å². The van der Waals surface area contributed by atoms with Crippen molar-refractivity contribution < 1.29 is 9.59 Å². The first-order valence-corrected chi connectivity index (χ1v) is 10.4. The smallest absolute Gasteiger partial charge is 0.248 e. The van der Waals surface area contributed by atoms with Gasteiger partial charge in [-0.2, -0.15) is 0 Å². The summed E-state index contributed by atoms with van der Waals surface area (Å²) in [5.74, 6) is 0.0355. The molecule has 0 unspecified atom stereocenters. The third-order valence-corrected chi connectivity index (χ3v) is 5.56. The van der Waals surface area contributed by atoms with Gasteiger partial charge in [-0.3, -0.25) is 9.59 Å². The van der Waals surface area contributed by atoms with Crippen LogP contribution in [0.5, 0.6) is 0 Å². The Kier molecular flexibility index (Phi) is 5.94. The van der Waals surface area contributed by atoms with Crippen molar-refractivity contribution in [2.24, 2.45) is 0 Å². The molecule has 2 aromatic rings. The lowest BCUT2D eigenvalue weighted by Gasteiger charge is -2.30. The maximum absolute atomic E-state index is 12.5. The van der Waals surface area contributed by atoms with E-state index in [9.17, 15) is 9.59 Å². The number of piperidine rings is 1. The lowest BCUT2D eigenvalue weighted by atomic mass is 10.1. The topological polar surface area (TPSA) is 52.7 Å². The number of amides is 2. The zero-order valence-corrected chi connectivity index (χ0v) is 16.6. The fourth-order valence-electron chi connectivity index (χ4n) is 4.02. The zero-order chi connectivity index (χ0) is 20.1. The number of hydrogen-bond acceptors (Lipinski definition) is 3. The molecule has 2 aliphatic heterocycles. The largest absolute Gasteiger partial charge is 0.370 e. The second kappa shape index (κ2) is 8.95. The monoisotopic (exact) mass is 389 g/mol. The Labute approximate surface area is 172 Å². The molecule has 1 N–H and O–H groups in total. The number of nitrogens with zero attached hydrogens (tertiary/aromatic N) is 2. The van der Waals surface area contributed by atoms with Gasteiger partial charge >= 0.3 is 0 Å². The molecule has 0 saturated carbocycles. The van der Waals surface area contributed by atoms with E-state index in [4.69, 9.17) is 0 Å². The number of hydrogen-bond donors (Lipinski definition) is 1. The summed E-state index contributed by atoms with van der Waals surface area (Å²) in [6.07, 6.45) is 8.57. The van der Waals surface area contributed by atoms with Gasteiger partial charge < -0.3 is 15.1 Å². The predicted molar refractivity (Wildman–Crippen MR) is 118 cm³/mol. The molecule has 29 heavy (non-hydrogen) atoms. The molecule has 5 nitrogen and oxygen atoms in total. The Bertz CT molecular complexity index is 899. The average Bonchev–Trinajstić information content (AvgIpc) is 3.19. The van der Waals surface area contributed by atoms with Gasteiger partial charge in [-0.25, -0.2) is 0 Å². The van der Waals surface area contributed by atoms with E-state index >= 15 is 0 Å². The highest BCUT2D eigenvalue weighted by molar-refractivity contribution is 6.04. The number of carbonyl (C=O) groups is 2. The molecule has 0 spiro atoms. The third-order valence-electron chi connectivity index (χ3n) is 5.56. The van der Waals surface area contributed by atoms with Crippen molar-refractivity contribution in [1.82, 2.24) is 0 Å². The summed E-state index contributed by atoms with van der Waals surface area (Å²) < 4.78 is 0. The van der Waals surface area contributed by atoms with E-state index in [0.717, 1.165) is 48.7 Å². The Balaban J connectivity index is 1.40. The maximum Gasteiger partial charge on any atom is 0.248 e. The van der Waals surface area contributed by atoms with Crippen LogP contribution in [0.2, 0.25) is 0 Å². The minimum atomic E-state index is -0.145. The van der Waals surface area contributed by atoms with E-state index in [2.05, 4.69) is 16.3 Å². The maximum atomic E-state index is 12.5. The van der Waals surface area contributed by atoms with E-state index in [1.807, 2.05) is 47.4 Å². The van der Waals surface area contributed by atoms with Crippen LogP contribution in [0.1, 0.15) is 37.7 Å². The van der Waals surface area contributed by atoms with Gasteiger partial charge in [0.1, 0.15) is 0 Å². The first-order valence-electron chi connectivity index (χ1n) is 10.4. The SMILES string of the molecule is O=C(/C=C/c1ccc(N2CCCC2=O)cc1)Nc1ccccc1N1CCCCC1. The summed E-state index contributed by atoms with van der Waals surface area (Å²) in [4.78, 5) is 28.5. The molecular weight excluding hydrogens is 362 g/mol. The number of para-hydroxylation sites is 2. The molecule has 2 fully saturated rings. The van der Waals surface area contributed by atoms with Crippen molar-refractivity contribution in [3.8, 4) is 0 Å². The molecular formula is C24H27N3O2. The summed E-state index contributed by atoms with van der Waals surface area (Å²) >= 11 is 0. The number of nitrogens with one attached hydrogen (secondary N) is 1. The lowest BCUT2D eigenvalue weighted by molar-refractivity contribution is -0.117. The van der Waals surface area contributed by atoms with Crippen LogP contribution in [0.15, 0.2) is 54.6 Å². The van der Waals surface area contributed by atoms with Crippen LogP contribution in [-0.2, 0) is 9.59 Å². The van der Waals surface area contributed by atoms with E-state index in [-0.39, 0.29) is 11.8 Å². The first kappa shape index (κ1) is 19.2. The second-order valence-corrected chi connectivity index (χ2v) is 7.63. The van der Waals surface area contributed by atoms with Gasteiger partial charge in [0.05, 0.1) is 11.4 Å². The number of benzene rings is 2. The van der Waals surface area contributed by atoms with Crippen molar-refractivity contribution >= 4 is 35.0 Å². The highest BCUT2D eigenvalue weighted by Gasteiger charge is 2.21. The molecule has 150 valence electrons. The van der Waals surface area contributed by atoms with Gasteiger partial charge in [-0.15, -0.1) is 0 Å². The molecule has 4 rings (SSSR count). The zero-order valence-electron chi connectivity index (χ0n) is 16.6. The molecule has 2 saturated heterocycles. The molecule has 0 radical (unpaired) electrons. The van der Waals surface area contributed by atoms with Gasteiger partial charge in [0.2, 0.25) is 11.8 Å². The van der Waals surface area contributed by atoms with E-state index in [1.54, 1.807) is 12.2 Å². The van der Waals surface area contributed by atoms with E-state index in [1.165, 1.54) is 19.3 Å². The highest BCUT2D eigenvalue weighted by atomic mass is 16.2. The van der Waals surface area contributed by atoms with Gasteiger partial charge in [0.15, 0.2) is 0 Å². The normalized spacial score (nSPS) is 17.2. The van der Waals surface area contributed by atoms with Crippen molar-refractivity contribution in [3.63, 3.8) is 0 Å². The first-order chi connectivity index (χ1) is 14.2. The fraction of sp³-hybridized carbons (Fsp3) is 0.333. The number of rotatable bonds is 5. The van der Waals surface area contributed by atoms with Crippen LogP contribution >= 0.6 is 0 Å². The second-order valence-electron chi connectivity index (χ2n) is 7.63. The molecule has 5 heteroatoms. The van der Waals surface area contributed by atoms with Crippen molar-refractivity contribution in [1.29, 1.82) is 0 Å². The lowest BCUT2D eigenvalue weighted by Crippen LogP contribution is -2.30. The van der Waals surface area contributed by atoms with Gasteiger partial charge in [0, 0.05) is 37.8 Å². The Morgan fingerprint density at radius 2 is 1.66 bits per heavy atom. The average molecular weight is 389 g/mol. The van der Waals surface area contributed by atoms with Crippen LogP contribution < -0.4 is 15.1 Å².